The van der Waals surface area contributed by atoms with Crippen LogP contribution in [-0.2, 0) is 16.6 Å². The Hall–Kier alpha value is -0.430. The largest absolute Gasteiger partial charge is 0.326 e. The predicted molar refractivity (Wildman–Crippen MR) is 83.8 cm³/mol. The SMILES string of the molecule is NCc1ccc(S(=O)(=O)NC2CCCCCC2)c(Br)c1. The second-order valence-electron chi connectivity index (χ2n) is 5.28. The molecule has 0 heterocycles. The molecule has 1 aromatic rings. The summed E-state index contributed by atoms with van der Waals surface area (Å²) in [6, 6.07) is 5.20. The minimum atomic E-state index is -3.47. The van der Waals surface area contributed by atoms with Gasteiger partial charge in [-0.1, -0.05) is 31.7 Å². The van der Waals surface area contributed by atoms with E-state index in [9.17, 15) is 8.42 Å². The molecule has 3 N–H and O–H groups in total. The number of nitrogens with two attached hydrogens (primary N) is 1. The Morgan fingerprint density at radius 1 is 1.20 bits per heavy atom. The van der Waals surface area contributed by atoms with Crippen molar-refractivity contribution in [3.63, 3.8) is 0 Å². The molecule has 1 fully saturated rings. The summed E-state index contributed by atoms with van der Waals surface area (Å²) >= 11 is 3.33. The second-order valence-corrected chi connectivity index (χ2v) is 7.82. The Balaban J connectivity index is 2.17. The molecule has 0 saturated heterocycles. The summed E-state index contributed by atoms with van der Waals surface area (Å²) in [6.07, 6.45) is 6.45. The van der Waals surface area contributed by atoms with Crippen molar-refractivity contribution in [2.45, 2.75) is 56.0 Å². The van der Waals surface area contributed by atoms with Gasteiger partial charge in [-0.25, -0.2) is 13.1 Å². The Morgan fingerprint density at radius 3 is 2.40 bits per heavy atom. The van der Waals surface area contributed by atoms with Gasteiger partial charge in [-0.2, -0.15) is 0 Å². The molecule has 0 spiro atoms. The van der Waals surface area contributed by atoms with E-state index in [2.05, 4.69) is 20.7 Å². The lowest BCUT2D eigenvalue weighted by Gasteiger charge is -2.17. The highest BCUT2D eigenvalue weighted by atomic mass is 79.9. The van der Waals surface area contributed by atoms with Gasteiger partial charge in [-0.3, -0.25) is 0 Å². The number of nitrogens with one attached hydrogen (secondary N) is 1. The van der Waals surface area contributed by atoms with Gasteiger partial charge >= 0.3 is 0 Å². The van der Waals surface area contributed by atoms with Gasteiger partial charge < -0.3 is 5.73 Å². The van der Waals surface area contributed by atoms with Crippen molar-refractivity contribution in [2.75, 3.05) is 0 Å². The molecule has 0 aliphatic heterocycles. The lowest BCUT2D eigenvalue weighted by atomic mass is 10.1. The fourth-order valence-corrected chi connectivity index (χ4v) is 5.00. The van der Waals surface area contributed by atoms with Gasteiger partial charge in [0.15, 0.2) is 0 Å². The third kappa shape index (κ3) is 4.04. The van der Waals surface area contributed by atoms with E-state index in [4.69, 9.17) is 5.73 Å². The summed E-state index contributed by atoms with van der Waals surface area (Å²) in [6.45, 7) is 0.398. The van der Waals surface area contributed by atoms with E-state index in [1.165, 1.54) is 12.8 Å². The highest BCUT2D eigenvalue weighted by molar-refractivity contribution is 9.10. The van der Waals surface area contributed by atoms with Crippen LogP contribution in [0.5, 0.6) is 0 Å². The molecule has 112 valence electrons. The van der Waals surface area contributed by atoms with Crippen LogP contribution in [0.2, 0.25) is 0 Å². The molecule has 4 nitrogen and oxygen atoms in total. The Morgan fingerprint density at radius 2 is 1.85 bits per heavy atom. The van der Waals surface area contributed by atoms with Crippen molar-refractivity contribution in [1.29, 1.82) is 0 Å². The number of sulfonamides is 1. The van der Waals surface area contributed by atoms with Crippen LogP contribution in [-0.4, -0.2) is 14.5 Å². The fraction of sp³-hybridized carbons (Fsp3) is 0.571. The van der Waals surface area contributed by atoms with Crippen molar-refractivity contribution < 1.29 is 8.42 Å². The molecule has 6 heteroatoms. The average molecular weight is 361 g/mol. The Kier molecular flexibility index (Phi) is 5.60. The van der Waals surface area contributed by atoms with Gasteiger partial charge in [0, 0.05) is 17.1 Å². The highest BCUT2D eigenvalue weighted by Crippen LogP contribution is 2.25. The zero-order chi connectivity index (χ0) is 14.6. The van der Waals surface area contributed by atoms with Crippen molar-refractivity contribution in [1.82, 2.24) is 4.72 Å². The molecule has 1 saturated carbocycles. The number of hydrogen-bond acceptors (Lipinski definition) is 3. The maximum atomic E-state index is 12.5. The van der Waals surface area contributed by atoms with Crippen molar-refractivity contribution in [2.24, 2.45) is 5.73 Å². The predicted octanol–water partition coefficient (Wildman–Crippen LogP) is 2.91. The molecule has 0 bridgehead atoms. The molecule has 2 rings (SSSR count). The van der Waals surface area contributed by atoms with Gasteiger partial charge in [0.2, 0.25) is 10.0 Å². The molecule has 0 amide bonds. The monoisotopic (exact) mass is 360 g/mol. The van der Waals surface area contributed by atoms with Crippen LogP contribution in [0.1, 0.15) is 44.1 Å². The van der Waals surface area contributed by atoms with Gasteiger partial charge in [0.1, 0.15) is 0 Å². The summed E-state index contributed by atoms with van der Waals surface area (Å²) in [5.41, 5.74) is 6.47. The van der Waals surface area contributed by atoms with E-state index < -0.39 is 10.0 Å². The third-order valence-corrected chi connectivity index (χ3v) is 6.20. The first kappa shape index (κ1) is 15.9. The maximum Gasteiger partial charge on any atom is 0.241 e. The molecule has 0 aromatic heterocycles. The highest BCUT2D eigenvalue weighted by Gasteiger charge is 2.23. The molecular formula is C14H21BrN2O2S. The zero-order valence-corrected chi connectivity index (χ0v) is 13.8. The van der Waals surface area contributed by atoms with E-state index in [1.807, 2.05) is 0 Å². The van der Waals surface area contributed by atoms with Crippen LogP contribution in [0.4, 0.5) is 0 Å². The number of benzene rings is 1. The molecular weight excluding hydrogens is 340 g/mol. The number of halogens is 1. The van der Waals surface area contributed by atoms with Gasteiger partial charge in [-0.15, -0.1) is 0 Å². The normalized spacial score (nSPS) is 17.9. The average Bonchev–Trinajstić information content (AvgIpc) is 2.66. The summed E-state index contributed by atoms with van der Waals surface area (Å²) in [5, 5.41) is 0. The second kappa shape index (κ2) is 7.02. The van der Waals surface area contributed by atoms with E-state index in [1.54, 1.807) is 18.2 Å². The standard InChI is InChI=1S/C14H21BrN2O2S/c15-13-9-11(10-16)7-8-14(13)20(18,19)17-12-5-3-1-2-4-6-12/h7-9,12,17H,1-6,10,16H2. The smallest absolute Gasteiger partial charge is 0.241 e. The first-order valence-electron chi connectivity index (χ1n) is 7.04. The topological polar surface area (TPSA) is 72.2 Å². The lowest BCUT2D eigenvalue weighted by Crippen LogP contribution is -2.34. The zero-order valence-electron chi connectivity index (χ0n) is 11.4. The maximum absolute atomic E-state index is 12.5. The molecule has 1 aromatic carbocycles. The van der Waals surface area contributed by atoms with Crippen LogP contribution >= 0.6 is 15.9 Å². The van der Waals surface area contributed by atoms with Crippen molar-refractivity contribution in [3.05, 3.63) is 28.2 Å². The van der Waals surface area contributed by atoms with Crippen LogP contribution in [0.3, 0.4) is 0 Å². The first-order valence-corrected chi connectivity index (χ1v) is 9.31. The summed E-state index contributed by atoms with van der Waals surface area (Å²) < 4.78 is 28.3. The number of hydrogen-bond donors (Lipinski definition) is 2. The van der Waals surface area contributed by atoms with E-state index >= 15 is 0 Å². The van der Waals surface area contributed by atoms with Crippen LogP contribution in [0, 0.1) is 0 Å². The lowest BCUT2D eigenvalue weighted by molar-refractivity contribution is 0.509. The molecule has 1 aliphatic rings. The Bertz CT molecular complexity index is 552. The van der Waals surface area contributed by atoms with Crippen LogP contribution < -0.4 is 10.5 Å². The Labute approximate surface area is 129 Å². The third-order valence-electron chi connectivity index (χ3n) is 3.70. The van der Waals surface area contributed by atoms with Gasteiger partial charge in [0.25, 0.3) is 0 Å². The van der Waals surface area contributed by atoms with Gasteiger partial charge in [0.05, 0.1) is 4.90 Å². The van der Waals surface area contributed by atoms with E-state index in [0.717, 1.165) is 31.2 Å². The minimum Gasteiger partial charge on any atom is -0.326 e. The van der Waals surface area contributed by atoms with Crippen LogP contribution in [0.15, 0.2) is 27.6 Å². The first-order chi connectivity index (χ1) is 9.53. The quantitative estimate of drug-likeness (QED) is 0.810. The molecule has 0 radical (unpaired) electrons. The van der Waals surface area contributed by atoms with E-state index in [-0.39, 0.29) is 6.04 Å². The number of rotatable bonds is 4. The summed E-state index contributed by atoms with van der Waals surface area (Å²) in [5.74, 6) is 0. The molecule has 0 unspecified atom stereocenters. The van der Waals surface area contributed by atoms with Crippen LogP contribution in [0.25, 0.3) is 0 Å². The fourth-order valence-electron chi connectivity index (χ4n) is 2.57. The molecule has 0 atom stereocenters. The van der Waals surface area contributed by atoms with Gasteiger partial charge in [-0.05, 0) is 46.5 Å². The van der Waals surface area contributed by atoms with Crippen molar-refractivity contribution in [3.8, 4) is 0 Å². The summed E-state index contributed by atoms with van der Waals surface area (Å²) in [7, 11) is -3.47. The minimum absolute atomic E-state index is 0.0589. The van der Waals surface area contributed by atoms with Crippen molar-refractivity contribution >= 4 is 26.0 Å². The molecule has 20 heavy (non-hydrogen) atoms. The summed E-state index contributed by atoms with van der Waals surface area (Å²) in [4.78, 5) is 0.291. The molecule has 1 aliphatic carbocycles. The van der Waals surface area contributed by atoms with E-state index in [0.29, 0.717) is 15.9 Å².